The molecule has 2 aromatic carbocycles. The molecular formula is C21H17FN2O5. The van der Waals surface area contributed by atoms with Gasteiger partial charge in [0.15, 0.2) is 6.61 Å². The summed E-state index contributed by atoms with van der Waals surface area (Å²) in [6, 6.07) is 12.7. The number of non-ortho nitro benzene ring substituents is 1. The molecule has 148 valence electrons. The van der Waals surface area contributed by atoms with Crippen molar-refractivity contribution in [2.75, 3.05) is 6.61 Å². The van der Waals surface area contributed by atoms with E-state index >= 15 is 0 Å². The number of nitro groups is 1. The van der Waals surface area contributed by atoms with Gasteiger partial charge in [0.05, 0.1) is 10.5 Å². The summed E-state index contributed by atoms with van der Waals surface area (Å²) in [5.74, 6) is -1.60. The first-order valence-corrected chi connectivity index (χ1v) is 8.67. The monoisotopic (exact) mass is 396 g/mol. The number of nitrogens with zero attached hydrogens (tertiary/aromatic N) is 2. The molecule has 0 bridgehead atoms. The highest BCUT2D eigenvalue weighted by atomic mass is 19.1. The van der Waals surface area contributed by atoms with Gasteiger partial charge in [0, 0.05) is 34.8 Å². The largest absolute Gasteiger partial charge is 0.454 e. The molecule has 0 saturated heterocycles. The second-order valence-electron chi connectivity index (χ2n) is 6.40. The van der Waals surface area contributed by atoms with Gasteiger partial charge in [-0.2, -0.15) is 0 Å². The predicted octanol–water partition coefficient (Wildman–Crippen LogP) is 4.18. The minimum absolute atomic E-state index is 0.0868. The van der Waals surface area contributed by atoms with Gasteiger partial charge in [-0.25, -0.2) is 9.18 Å². The Balaban J connectivity index is 1.75. The zero-order valence-electron chi connectivity index (χ0n) is 15.7. The summed E-state index contributed by atoms with van der Waals surface area (Å²) in [6.07, 6.45) is 0. The van der Waals surface area contributed by atoms with Crippen LogP contribution in [0, 0.1) is 29.8 Å². The minimum atomic E-state index is -0.690. The third kappa shape index (κ3) is 4.21. The van der Waals surface area contributed by atoms with Crippen LogP contribution < -0.4 is 0 Å². The summed E-state index contributed by atoms with van der Waals surface area (Å²) in [4.78, 5) is 34.9. The van der Waals surface area contributed by atoms with Gasteiger partial charge in [-0.05, 0) is 44.2 Å². The number of ether oxygens (including phenoxy) is 1. The van der Waals surface area contributed by atoms with Crippen LogP contribution in [0.1, 0.15) is 32.1 Å². The van der Waals surface area contributed by atoms with Gasteiger partial charge in [0.1, 0.15) is 5.82 Å². The highest BCUT2D eigenvalue weighted by molar-refractivity contribution is 6.00. The number of hydrogen-bond acceptors (Lipinski definition) is 5. The average molecular weight is 396 g/mol. The third-order valence-electron chi connectivity index (χ3n) is 4.45. The number of aromatic nitrogens is 1. The molecule has 0 amide bonds. The Morgan fingerprint density at radius 3 is 2.45 bits per heavy atom. The quantitative estimate of drug-likeness (QED) is 0.270. The fourth-order valence-corrected chi connectivity index (χ4v) is 3.04. The van der Waals surface area contributed by atoms with Gasteiger partial charge in [0.25, 0.3) is 5.69 Å². The Kier molecular flexibility index (Phi) is 5.54. The maximum atomic E-state index is 13.2. The van der Waals surface area contributed by atoms with Crippen molar-refractivity contribution in [3.8, 4) is 5.69 Å². The molecule has 0 fully saturated rings. The summed E-state index contributed by atoms with van der Waals surface area (Å²) >= 11 is 0. The van der Waals surface area contributed by atoms with Crippen molar-refractivity contribution in [1.82, 2.24) is 4.57 Å². The first-order chi connectivity index (χ1) is 13.8. The fraction of sp³-hybridized carbons (Fsp3) is 0.143. The number of rotatable bonds is 6. The van der Waals surface area contributed by atoms with E-state index < -0.39 is 23.3 Å². The molecule has 8 heteroatoms. The summed E-state index contributed by atoms with van der Waals surface area (Å²) in [7, 11) is 0. The number of ketones is 1. The number of carbonyl (C=O) groups is 2. The lowest BCUT2D eigenvalue weighted by Gasteiger charge is -2.10. The zero-order chi connectivity index (χ0) is 21.1. The van der Waals surface area contributed by atoms with Crippen molar-refractivity contribution in [1.29, 1.82) is 0 Å². The molecule has 3 rings (SSSR count). The number of esters is 1. The number of carbonyl (C=O) groups excluding carboxylic acids is 2. The Bertz CT molecular complexity index is 1100. The van der Waals surface area contributed by atoms with Crippen molar-refractivity contribution >= 4 is 17.4 Å². The number of benzene rings is 2. The van der Waals surface area contributed by atoms with Crippen molar-refractivity contribution in [3.05, 3.63) is 93.0 Å². The van der Waals surface area contributed by atoms with Crippen molar-refractivity contribution < 1.29 is 23.6 Å². The Morgan fingerprint density at radius 1 is 1.10 bits per heavy atom. The molecule has 3 aromatic rings. The Hall–Kier alpha value is -3.81. The van der Waals surface area contributed by atoms with Crippen molar-refractivity contribution in [3.63, 3.8) is 0 Å². The topological polar surface area (TPSA) is 91.4 Å². The smallest absolute Gasteiger partial charge is 0.340 e. The van der Waals surface area contributed by atoms with E-state index in [2.05, 4.69) is 0 Å². The minimum Gasteiger partial charge on any atom is -0.454 e. The molecule has 1 aromatic heterocycles. The van der Waals surface area contributed by atoms with E-state index in [4.69, 9.17) is 4.74 Å². The van der Waals surface area contributed by atoms with Crippen LogP contribution in [0.4, 0.5) is 10.1 Å². The first-order valence-electron chi connectivity index (χ1n) is 8.67. The first kappa shape index (κ1) is 19.9. The van der Waals surface area contributed by atoms with Crippen LogP contribution in [0.3, 0.4) is 0 Å². The molecule has 0 unspecified atom stereocenters. The molecule has 0 N–H and O–H groups in total. The lowest BCUT2D eigenvalue weighted by Crippen LogP contribution is -2.15. The second kappa shape index (κ2) is 8.05. The molecule has 0 radical (unpaired) electrons. The van der Waals surface area contributed by atoms with Crippen LogP contribution in [0.2, 0.25) is 0 Å². The van der Waals surface area contributed by atoms with E-state index in [0.717, 1.165) is 11.8 Å². The van der Waals surface area contributed by atoms with Crippen LogP contribution in [0.25, 0.3) is 5.69 Å². The number of Topliss-reactive ketones (excluding diaryl/α,β-unsaturated/α-hetero) is 1. The molecule has 7 nitrogen and oxygen atoms in total. The van der Waals surface area contributed by atoms with Gasteiger partial charge in [0.2, 0.25) is 5.78 Å². The number of halogens is 1. The van der Waals surface area contributed by atoms with E-state index in [1.807, 2.05) is 0 Å². The van der Waals surface area contributed by atoms with Gasteiger partial charge in [-0.15, -0.1) is 0 Å². The molecule has 0 atom stereocenters. The molecule has 0 saturated carbocycles. The van der Waals surface area contributed by atoms with Gasteiger partial charge >= 0.3 is 5.97 Å². The molecule has 29 heavy (non-hydrogen) atoms. The standard InChI is InChI=1S/C21H17FN2O5/c1-13-10-19(14(2)23(13)17-8-6-16(22)7-9-17)21(26)29-12-20(25)15-4-3-5-18(11-15)24(27)28/h3-11H,12H2,1-2H3. The summed E-state index contributed by atoms with van der Waals surface area (Å²) in [5, 5.41) is 10.8. The van der Waals surface area contributed by atoms with Crippen molar-refractivity contribution in [2.24, 2.45) is 0 Å². The van der Waals surface area contributed by atoms with E-state index in [-0.39, 0.29) is 22.6 Å². The highest BCUT2D eigenvalue weighted by Crippen LogP contribution is 2.22. The SMILES string of the molecule is Cc1cc(C(=O)OCC(=O)c2cccc([N+](=O)[O-])c2)c(C)n1-c1ccc(F)cc1. The van der Waals surface area contributed by atoms with Crippen LogP contribution in [-0.4, -0.2) is 27.8 Å². The van der Waals surface area contributed by atoms with Crippen LogP contribution >= 0.6 is 0 Å². The fourth-order valence-electron chi connectivity index (χ4n) is 3.04. The zero-order valence-corrected chi connectivity index (χ0v) is 15.7. The molecular weight excluding hydrogens is 379 g/mol. The highest BCUT2D eigenvalue weighted by Gasteiger charge is 2.20. The van der Waals surface area contributed by atoms with Gasteiger partial charge in [-0.1, -0.05) is 12.1 Å². The average Bonchev–Trinajstić information content (AvgIpc) is 3.01. The molecule has 0 spiro atoms. The maximum absolute atomic E-state index is 13.2. The summed E-state index contributed by atoms with van der Waals surface area (Å²) in [5.41, 5.74) is 2.16. The normalized spacial score (nSPS) is 10.6. The van der Waals surface area contributed by atoms with Gasteiger partial charge < -0.3 is 9.30 Å². The number of nitro benzene ring substituents is 1. The van der Waals surface area contributed by atoms with E-state index in [0.29, 0.717) is 11.4 Å². The maximum Gasteiger partial charge on any atom is 0.340 e. The molecule has 1 heterocycles. The van der Waals surface area contributed by atoms with E-state index in [1.54, 1.807) is 36.6 Å². The van der Waals surface area contributed by atoms with Crippen molar-refractivity contribution in [2.45, 2.75) is 13.8 Å². The second-order valence-corrected chi connectivity index (χ2v) is 6.40. The number of hydrogen-bond donors (Lipinski definition) is 0. The summed E-state index contributed by atoms with van der Waals surface area (Å²) in [6.45, 7) is 2.97. The third-order valence-corrected chi connectivity index (χ3v) is 4.45. The van der Waals surface area contributed by atoms with Crippen LogP contribution in [0.5, 0.6) is 0 Å². The predicted molar refractivity (Wildman–Crippen MR) is 103 cm³/mol. The van der Waals surface area contributed by atoms with Gasteiger partial charge in [-0.3, -0.25) is 14.9 Å². The van der Waals surface area contributed by atoms with E-state index in [1.165, 1.54) is 30.3 Å². The van der Waals surface area contributed by atoms with Crippen LogP contribution in [-0.2, 0) is 4.74 Å². The Morgan fingerprint density at radius 2 is 1.79 bits per heavy atom. The molecule has 0 aliphatic rings. The summed E-state index contributed by atoms with van der Waals surface area (Å²) < 4.78 is 20.1. The molecule has 0 aliphatic carbocycles. The lowest BCUT2D eigenvalue weighted by molar-refractivity contribution is -0.384. The molecule has 0 aliphatic heterocycles. The lowest BCUT2D eigenvalue weighted by atomic mass is 10.1. The number of aryl methyl sites for hydroxylation is 1. The van der Waals surface area contributed by atoms with Crippen LogP contribution in [0.15, 0.2) is 54.6 Å². The van der Waals surface area contributed by atoms with E-state index in [9.17, 15) is 24.1 Å². The Labute approximate surface area is 165 Å².